The van der Waals surface area contributed by atoms with E-state index in [4.69, 9.17) is 14.2 Å². The van der Waals surface area contributed by atoms with Crippen molar-refractivity contribution in [2.75, 3.05) is 13.9 Å². The minimum Gasteiger partial charge on any atom is -0.493 e. The number of alkyl halides is 2. The summed E-state index contributed by atoms with van der Waals surface area (Å²) < 4.78 is 44.3. The first kappa shape index (κ1) is 17.5. The first-order valence-corrected chi connectivity index (χ1v) is 7.42. The fraction of sp³-hybridized carbons (Fsp3) is 0.176. The summed E-state index contributed by atoms with van der Waals surface area (Å²) in [7, 11) is 1.33. The molecule has 2 aromatic rings. The summed E-state index contributed by atoms with van der Waals surface area (Å²) in [5.41, 5.74) is 3.24. The van der Waals surface area contributed by atoms with Crippen molar-refractivity contribution in [1.29, 1.82) is 0 Å². The maximum absolute atomic E-state index is 12.3. The molecule has 0 fully saturated rings. The number of carbonyl (C=O) groups is 1. The van der Waals surface area contributed by atoms with Crippen LogP contribution in [0.3, 0.4) is 0 Å². The Hall–Kier alpha value is -3.36. The average Bonchev–Trinajstić information content (AvgIpc) is 3.10. The van der Waals surface area contributed by atoms with Gasteiger partial charge < -0.3 is 18.9 Å². The normalized spacial score (nSPS) is 12.5. The minimum absolute atomic E-state index is 0.0935. The van der Waals surface area contributed by atoms with Crippen molar-refractivity contribution in [3.8, 4) is 23.0 Å². The maximum Gasteiger partial charge on any atom is 0.387 e. The fourth-order valence-electron chi connectivity index (χ4n) is 2.23. The van der Waals surface area contributed by atoms with Gasteiger partial charge in [-0.05, 0) is 42.0 Å². The van der Waals surface area contributed by atoms with Gasteiger partial charge in [-0.25, -0.2) is 5.43 Å². The third-order valence-corrected chi connectivity index (χ3v) is 3.42. The van der Waals surface area contributed by atoms with Crippen LogP contribution in [0.4, 0.5) is 8.78 Å². The highest BCUT2D eigenvalue weighted by Crippen LogP contribution is 2.32. The average molecular weight is 364 g/mol. The van der Waals surface area contributed by atoms with Gasteiger partial charge in [0.2, 0.25) is 6.79 Å². The van der Waals surface area contributed by atoms with Crippen molar-refractivity contribution in [3.05, 3.63) is 47.5 Å². The van der Waals surface area contributed by atoms with E-state index in [9.17, 15) is 13.6 Å². The van der Waals surface area contributed by atoms with Gasteiger partial charge in [0.05, 0.1) is 13.3 Å². The van der Waals surface area contributed by atoms with Crippen molar-refractivity contribution >= 4 is 12.1 Å². The largest absolute Gasteiger partial charge is 0.493 e. The number of fused-ring (bicyclic) bond motifs is 1. The number of benzene rings is 2. The number of amides is 1. The molecule has 1 N–H and O–H groups in total. The van der Waals surface area contributed by atoms with Crippen LogP contribution in [0.1, 0.15) is 15.9 Å². The molecule has 2 aromatic carbocycles. The van der Waals surface area contributed by atoms with Gasteiger partial charge in [0.1, 0.15) is 0 Å². The summed E-state index contributed by atoms with van der Waals surface area (Å²) in [6, 6.07) is 9.04. The molecule has 0 spiro atoms. The summed E-state index contributed by atoms with van der Waals surface area (Å²) in [6.07, 6.45) is 1.35. The molecule has 0 saturated heterocycles. The highest BCUT2D eigenvalue weighted by molar-refractivity contribution is 5.95. The third-order valence-electron chi connectivity index (χ3n) is 3.42. The van der Waals surface area contributed by atoms with Crippen LogP contribution in [0.2, 0.25) is 0 Å². The van der Waals surface area contributed by atoms with Crippen LogP contribution in [0.5, 0.6) is 23.0 Å². The molecular weight excluding hydrogens is 350 g/mol. The molecule has 0 saturated carbocycles. The van der Waals surface area contributed by atoms with E-state index in [1.54, 1.807) is 18.2 Å². The zero-order chi connectivity index (χ0) is 18.5. The van der Waals surface area contributed by atoms with Gasteiger partial charge in [-0.1, -0.05) is 0 Å². The molecule has 9 heteroatoms. The van der Waals surface area contributed by atoms with Crippen molar-refractivity contribution in [3.63, 3.8) is 0 Å². The van der Waals surface area contributed by atoms with Crippen LogP contribution in [0.15, 0.2) is 41.5 Å². The molecule has 7 nitrogen and oxygen atoms in total. The van der Waals surface area contributed by atoms with Crippen LogP contribution in [0.25, 0.3) is 0 Å². The molecule has 1 aliphatic heterocycles. The second-order valence-electron chi connectivity index (χ2n) is 5.06. The molecule has 0 aliphatic carbocycles. The SMILES string of the molecule is COc1cc(/C=N\NC(=O)c2ccc3c(c2)OCO3)ccc1OC(F)F. The number of hydrazone groups is 1. The molecule has 1 amide bonds. The Balaban J connectivity index is 1.65. The number of methoxy groups -OCH3 is 1. The van der Waals surface area contributed by atoms with E-state index in [-0.39, 0.29) is 18.3 Å². The molecule has 3 rings (SSSR count). The minimum atomic E-state index is -2.95. The molecule has 0 unspecified atom stereocenters. The summed E-state index contributed by atoms with van der Waals surface area (Å²) >= 11 is 0. The predicted molar refractivity (Wildman–Crippen MR) is 87.3 cm³/mol. The van der Waals surface area contributed by atoms with Gasteiger partial charge >= 0.3 is 6.61 Å². The lowest BCUT2D eigenvalue weighted by atomic mass is 10.2. The van der Waals surface area contributed by atoms with Gasteiger partial charge in [-0.15, -0.1) is 0 Å². The monoisotopic (exact) mass is 364 g/mol. The molecule has 26 heavy (non-hydrogen) atoms. The van der Waals surface area contributed by atoms with E-state index < -0.39 is 12.5 Å². The van der Waals surface area contributed by atoms with Crippen molar-refractivity contribution in [1.82, 2.24) is 5.43 Å². The highest BCUT2D eigenvalue weighted by atomic mass is 19.3. The Bertz CT molecular complexity index is 842. The fourth-order valence-corrected chi connectivity index (χ4v) is 2.23. The molecule has 0 atom stereocenters. The third kappa shape index (κ3) is 4.00. The van der Waals surface area contributed by atoms with Crippen LogP contribution >= 0.6 is 0 Å². The summed E-state index contributed by atoms with van der Waals surface area (Å²) in [5.74, 6) is 0.647. The first-order chi connectivity index (χ1) is 12.6. The predicted octanol–water partition coefficient (Wildman–Crippen LogP) is 2.79. The van der Waals surface area contributed by atoms with E-state index in [2.05, 4.69) is 15.3 Å². The molecule has 0 aromatic heterocycles. The zero-order valence-corrected chi connectivity index (χ0v) is 13.6. The smallest absolute Gasteiger partial charge is 0.387 e. The second kappa shape index (κ2) is 7.68. The highest BCUT2D eigenvalue weighted by Gasteiger charge is 2.16. The number of halogens is 2. The summed E-state index contributed by atoms with van der Waals surface area (Å²) in [4.78, 5) is 12.1. The van der Waals surface area contributed by atoms with Crippen molar-refractivity contribution < 1.29 is 32.5 Å². The van der Waals surface area contributed by atoms with Gasteiger partial charge in [0, 0.05) is 5.56 Å². The number of carbonyl (C=O) groups excluding carboxylic acids is 1. The molecule has 1 aliphatic rings. The van der Waals surface area contributed by atoms with E-state index in [1.165, 1.54) is 31.5 Å². The van der Waals surface area contributed by atoms with Crippen LogP contribution in [0, 0.1) is 0 Å². The van der Waals surface area contributed by atoms with Crippen molar-refractivity contribution in [2.24, 2.45) is 5.10 Å². The summed E-state index contributed by atoms with van der Waals surface area (Å²) in [5, 5.41) is 3.84. The number of rotatable bonds is 6. The molecule has 0 bridgehead atoms. The quantitative estimate of drug-likeness (QED) is 0.630. The van der Waals surface area contributed by atoms with Gasteiger partial charge in [0.25, 0.3) is 5.91 Å². The van der Waals surface area contributed by atoms with Crippen LogP contribution in [-0.2, 0) is 0 Å². The van der Waals surface area contributed by atoms with Gasteiger partial charge in [0.15, 0.2) is 23.0 Å². The van der Waals surface area contributed by atoms with E-state index in [1.807, 2.05) is 0 Å². The van der Waals surface area contributed by atoms with E-state index in [0.717, 1.165) is 0 Å². The molecule has 0 radical (unpaired) electrons. The molecular formula is C17H14F2N2O5. The van der Waals surface area contributed by atoms with Crippen LogP contribution in [-0.4, -0.2) is 32.6 Å². The Kier molecular flexibility index (Phi) is 5.16. The van der Waals surface area contributed by atoms with Gasteiger partial charge in [-0.2, -0.15) is 13.9 Å². The van der Waals surface area contributed by atoms with E-state index >= 15 is 0 Å². The lowest BCUT2D eigenvalue weighted by Gasteiger charge is -2.09. The first-order valence-electron chi connectivity index (χ1n) is 7.42. The van der Waals surface area contributed by atoms with E-state index in [0.29, 0.717) is 22.6 Å². The van der Waals surface area contributed by atoms with Gasteiger partial charge in [-0.3, -0.25) is 4.79 Å². The Morgan fingerprint density at radius 2 is 2.00 bits per heavy atom. The summed E-state index contributed by atoms with van der Waals surface area (Å²) in [6.45, 7) is -2.84. The number of nitrogens with one attached hydrogen (secondary N) is 1. The Morgan fingerprint density at radius 1 is 1.19 bits per heavy atom. The Labute approximate surface area is 147 Å². The number of hydrogen-bond donors (Lipinski definition) is 1. The standard InChI is InChI=1S/C17H14F2N2O5/c1-23-14-6-10(2-4-13(14)26-17(18)19)8-20-21-16(22)11-3-5-12-15(7-11)25-9-24-12/h2-8,17H,9H2,1H3,(H,21,22)/b20-8-. The second-order valence-corrected chi connectivity index (χ2v) is 5.06. The zero-order valence-electron chi connectivity index (χ0n) is 13.6. The molecule has 136 valence electrons. The maximum atomic E-state index is 12.3. The lowest BCUT2D eigenvalue weighted by molar-refractivity contribution is -0.0512. The number of hydrogen-bond acceptors (Lipinski definition) is 6. The molecule has 1 heterocycles. The number of ether oxygens (including phenoxy) is 4. The van der Waals surface area contributed by atoms with Crippen LogP contribution < -0.4 is 24.4 Å². The topological polar surface area (TPSA) is 78.4 Å². The Morgan fingerprint density at radius 3 is 2.77 bits per heavy atom. The lowest BCUT2D eigenvalue weighted by Crippen LogP contribution is -2.17. The number of nitrogens with zero attached hydrogens (tertiary/aromatic N) is 1. The van der Waals surface area contributed by atoms with Crippen molar-refractivity contribution in [2.45, 2.75) is 6.61 Å².